The van der Waals surface area contributed by atoms with Gasteiger partial charge in [-0.3, -0.25) is 4.79 Å². The van der Waals surface area contributed by atoms with Crippen LogP contribution in [0.25, 0.3) is 0 Å². The summed E-state index contributed by atoms with van der Waals surface area (Å²) >= 11 is 1.65. The quantitative estimate of drug-likeness (QED) is 0.750. The maximum Gasteiger partial charge on any atom is 0.315 e. The Morgan fingerprint density at radius 3 is 2.53 bits per heavy atom. The molecule has 1 rings (SSSR count). The zero-order chi connectivity index (χ0) is 14.4. The molecule has 0 saturated heterocycles. The Morgan fingerprint density at radius 1 is 1.37 bits per heavy atom. The summed E-state index contributed by atoms with van der Waals surface area (Å²) in [7, 11) is 0. The van der Waals surface area contributed by atoms with Gasteiger partial charge < -0.3 is 15.7 Å². The normalized spacial score (nSPS) is 11.9. The number of aryl methyl sites for hydroxylation is 2. The first-order valence-electron chi connectivity index (χ1n) is 6.24. The number of rotatable bonds is 6. The number of carbonyl (C=O) groups is 2. The second-order valence-electron chi connectivity index (χ2n) is 4.46. The third-order valence-electron chi connectivity index (χ3n) is 2.99. The summed E-state index contributed by atoms with van der Waals surface area (Å²) in [6.07, 6.45) is 0.499. The standard InChI is InChI=1S/C13H20N2O3S/c1-4-10(12(16)17)6-14-13(18)15-7-11-5-8(2)9(3)19-11/h5,10H,4,6-7H2,1-3H3,(H,16,17)(H2,14,15,18). The van der Waals surface area contributed by atoms with Crippen molar-refractivity contribution in [3.63, 3.8) is 0 Å². The lowest BCUT2D eigenvalue weighted by atomic mass is 10.1. The number of carbonyl (C=O) groups excluding carboxylic acids is 1. The first-order chi connectivity index (χ1) is 8.93. The Labute approximate surface area is 117 Å². The third-order valence-corrected chi connectivity index (χ3v) is 4.14. The van der Waals surface area contributed by atoms with Gasteiger partial charge >= 0.3 is 12.0 Å². The van der Waals surface area contributed by atoms with Crippen LogP contribution in [0.5, 0.6) is 0 Å². The molecule has 0 aliphatic carbocycles. The molecule has 0 bridgehead atoms. The highest BCUT2D eigenvalue weighted by atomic mass is 32.1. The molecule has 2 amide bonds. The van der Waals surface area contributed by atoms with Gasteiger partial charge in [0.1, 0.15) is 0 Å². The number of hydrogen-bond donors (Lipinski definition) is 3. The summed E-state index contributed by atoms with van der Waals surface area (Å²) in [6.45, 7) is 6.49. The largest absolute Gasteiger partial charge is 0.481 e. The van der Waals surface area contributed by atoms with Crippen molar-refractivity contribution in [2.24, 2.45) is 5.92 Å². The van der Waals surface area contributed by atoms with Gasteiger partial charge in [0.25, 0.3) is 0 Å². The minimum absolute atomic E-state index is 0.153. The van der Waals surface area contributed by atoms with Gasteiger partial charge in [0, 0.05) is 16.3 Å². The number of carboxylic acids is 1. The topological polar surface area (TPSA) is 78.4 Å². The maximum atomic E-state index is 11.5. The van der Waals surface area contributed by atoms with E-state index in [0.29, 0.717) is 13.0 Å². The lowest BCUT2D eigenvalue weighted by molar-refractivity contribution is -0.141. The highest BCUT2D eigenvalue weighted by molar-refractivity contribution is 7.12. The number of carboxylic acid groups (broad SMARTS) is 1. The number of thiophene rings is 1. The van der Waals surface area contributed by atoms with Crippen molar-refractivity contribution in [3.8, 4) is 0 Å². The second kappa shape index (κ2) is 7.13. The van der Waals surface area contributed by atoms with E-state index in [1.165, 1.54) is 10.4 Å². The van der Waals surface area contributed by atoms with Crippen LogP contribution in [0, 0.1) is 19.8 Å². The molecule has 0 aromatic carbocycles. The predicted molar refractivity (Wildman–Crippen MR) is 75.4 cm³/mol. The van der Waals surface area contributed by atoms with E-state index in [0.717, 1.165) is 4.88 Å². The van der Waals surface area contributed by atoms with E-state index in [9.17, 15) is 9.59 Å². The lowest BCUT2D eigenvalue weighted by Crippen LogP contribution is -2.39. The molecule has 0 fully saturated rings. The zero-order valence-electron chi connectivity index (χ0n) is 11.4. The van der Waals surface area contributed by atoms with Crippen LogP contribution < -0.4 is 10.6 Å². The van der Waals surface area contributed by atoms with E-state index in [2.05, 4.69) is 10.6 Å². The summed E-state index contributed by atoms with van der Waals surface area (Å²) in [5.41, 5.74) is 1.22. The summed E-state index contributed by atoms with van der Waals surface area (Å²) in [6, 6.07) is 1.72. The molecule has 0 aliphatic heterocycles. The van der Waals surface area contributed by atoms with Crippen molar-refractivity contribution in [2.45, 2.75) is 33.7 Å². The van der Waals surface area contributed by atoms with Gasteiger partial charge in [0.15, 0.2) is 0 Å². The van der Waals surface area contributed by atoms with Crippen molar-refractivity contribution in [3.05, 3.63) is 21.4 Å². The lowest BCUT2D eigenvalue weighted by Gasteiger charge is -2.11. The first kappa shape index (κ1) is 15.5. The molecular formula is C13H20N2O3S. The number of amides is 2. The summed E-state index contributed by atoms with van der Waals surface area (Å²) < 4.78 is 0. The van der Waals surface area contributed by atoms with Gasteiger partial charge in [0.2, 0.25) is 0 Å². The highest BCUT2D eigenvalue weighted by Crippen LogP contribution is 2.20. The van der Waals surface area contributed by atoms with Crippen LogP contribution in [0.4, 0.5) is 4.79 Å². The summed E-state index contributed by atoms with van der Waals surface area (Å²) in [5.74, 6) is -1.41. The molecule has 5 nitrogen and oxygen atoms in total. The molecule has 106 valence electrons. The van der Waals surface area contributed by atoms with Crippen LogP contribution in [0.2, 0.25) is 0 Å². The molecule has 0 saturated carbocycles. The molecule has 1 aromatic rings. The van der Waals surface area contributed by atoms with E-state index in [-0.39, 0.29) is 12.6 Å². The number of urea groups is 1. The van der Waals surface area contributed by atoms with Crippen molar-refractivity contribution < 1.29 is 14.7 Å². The van der Waals surface area contributed by atoms with Crippen LogP contribution in [0.3, 0.4) is 0 Å². The van der Waals surface area contributed by atoms with Crippen LogP contribution in [-0.2, 0) is 11.3 Å². The second-order valence-corrected chi connectivity index (χ2v) is 5.80. The molecule has 1 heterocycles. The molecule has 3 N–H and O–H groups in total. The zero-order valence-corrected chi connectivity index (χ0v) is 12.3. The first-order valence-corrected chi connectivity index (χ1v) is 7.06. The number of hydrogen-bond acceptors (Lipinski definition) is 3. The minimum atomic E-state index is -0.882. The Bertz CT molecular complexity index is 437. The minimum Gasteiger partial charge on any atom is -0.481 e. The van der Waals surface area contributed by atoms with E-state index >= 15 is 0 Å². The molecule has 1 aromatic heterocycles. The van der Waals surface area contributed by atoms with Crippen molar-refractivity contribution in [2.75, 3.05) is 6.54 Å². The van der Waals surface area contributed by atoms with Gasteiger partial charge in [-0.2, -0.15) is 0 Å². The van der Waals surface area contributed by atoms with Crippen molar-refractivity contribution in [1.29, 1.82) is 0 Å². The fourth-order valence-electron chi connectivity index (χ4n) is 1.59. The Balaban J connectivity index is 2.33. The van der Waals surface area contributed by atoms with Gasteiger partial charge in [-0.15, -0.1) is 11.3 Å². The Hall–Kier alpha value is -1.56. The molecule has 19 heavy (non-hydrogen) atoms. The maximum absolute atomic E-state index is 11.5. The molecule has 0 aliphatic rings. The van der Waals surface area contributed by atoms with E-state index in [4.69, 9.17) is 5.11 Å². The smallest absolute Gasteiger partial charge is 0.315 e. The predicted octanol–water partition coefficient (Wildman–Crippen LogP) is 2.27. The highest BCUT2D eigenvalue weighted by Gasteiger charge is 2.15. The van der Waals surface area contributed by atoms with E-state index < -0.39 is 11.9 Å². The van der Waals surface area contributed by atoms with E-state index in [1.54, 1.807) is 18.3 Å². The molecular weight excluding hydrogens is 264 g/mol. The van der Waals surface area contributed by atoms with Crippen molar-refractivity contribution >= 4 is 23.3 Å². The average Bonchev–Trinajstić information content (AvgIpc) is 2.66. The molecule has 1 atom stereocenters. The monoisotopic (exact) mass is 284 g/mol. The third kappa shape index (κ3) is 4.90. The molecule has 0 spiro atoms. The van der Waals surface area contributed by atoms with Crippen LogP contribution in [0.15, 0.2) is 6.07 Å². The molecule has 1 unspecified atom stereocenters. The summed E-state index contributed by atoms with van der Waals surface area (Å²) in [4.78, 5) is 24.7. The van der Waals surface area contributed by atoms with E-state index in [1.807, 2.05) is 19.9 Å². The Kier molecular flexibility index (Phi) is 5.82. The number of nitrogens with one attached hydrogen (secondary N) is 2. The van der Waals surface area contributed by atoms with Gasteiger partial charge in [0.05, 0.1) is 12.5 Å². The fourth-order valence-corrected chi connectivity index (χ4v) is 2.58. The number of aliphatic carboxylic acids is 1. The SMILES string of the molecule is CCC(CNC(=O)NCc1cc(C)c(C)s1)C(=O)O. The Morgan fingerprint density at radius 2 is 2.05 bits per heavy atom. The van der Waals surface area contributed by atoms with Crippen LogP contribution in [0.1, 0.15) is 28.7 Å². The van der Waals surface area contributed by atoms with Crippen LogP contribution >= 0.6 is 11.3 Å². The van der Waals surface area contributed by atoms with Gasteiger partial charge in [-0.05, 0) is 31.9 Å². The fraction of sp³-hybridized carbons (Fsp3) is 0.538. The average molecular weight is 284 g/mol. The summed E-state index contributed by atoms with van der Waals surface area (Å²) in [5, 5.41) is 14.2. The van der Waals surface area contributed by atoms with Crippen molar-refractivity contribution in [1.82, 2.24) is 10.6 Å². The molecule has 6 heteroatoms. The van der Waals surface area contributed by atoms with Gasteiger partial charge in [-0.1, -0.05) is 6.92 Å². The molecule has 0 radical (unpaired) electrons. The van der Waals surface area contributed by atoms with Crippen LogP contribution in [-0.4, -0.2) is 23.7 Å². The van der Waals surface area contributed by atoms with Gasteiger partial charge in [-0.25, -0.2) is 4.79 Å².